The lowest BCUT2D eigenvalue weighted by Crippen LogP contribution is -2.41. The van der Waals surface area contributed by atoms with Crippen molar-refractivity contribution in [3.63, 3.8) is 0 Å². The maximum atomic E-state index is 12.2. The van der Waals surface area contributed by atoms with Gasteiger partial charge in [-0.15, -0.1) is 0 Å². The van der Waals surface area contributed by atoms with Crippen molar-refractivity contribution in [2.24, 2.45) is 0 Å². The Balaban J connectivity index is 2.12. The second-order valence-electron chi connectivity index (χ2n) is 4.49. The number of hydrogen-bond donors (Lipinski definition) is 2. The maximum absolute atomic E-state index is 12.2. The first-order valence-corrected chi connectivity index (χ1v) is 6.39. The van der Waals surface area contributed by atoms with Crippen LogP contribution < -0.4 is 11.1 Å². The number of methoxy groups -OCH3 is 1. The van der Waals surface area contributed by atoms with Crippen molar-refractivity contribution in [1.82, 2.24) is 5.32 Å². The van der Waals surface area contributed by atoms with E-state index in [2.05, 4.69) is 5.32 Å². The molecule has 3 N–H and O–H groups in total. The van der Waals surface area contributed by atoms with E-state index in [1.807, 2.05) is 0 Å². The van der Waals surface area contributed by atoms with E-state index in [0.29, 0.717) is 16.3 Å². The number of nitrogens with one attached hydrogen (secondary N) is 1. The summed E-state index contributed by atoms with van der Waals surface area (Å²) in [5.41, 5.74) is 6.53. The lowest BCUT2D eigenvalue weighted by atomic mass is 10.1. The number of anilines is 1. The van der Waals surface area contributed by atoms with Gasteiger partial charge in [-0.05, 0) is 31.4 Å². The monoisotopic (exact) mass is 268 g/mol. The first-order valence-electron chi connectivity index (χ1n) is 6.01. The molecular formula is C13H17ClN2O2. The third-order valence-corrected chi connectivity index (χ3v) is 3.66. The Bertz CT molecular complexity index is 430. The smallest absolute Gasteiger partial charge is 0.255 e. The van der Waals surface area contributed by atoms with Crippen molar-refractivity contribution >= 4 is 23.2 Å². The maximum Gasteiger partial charge on any atom is 0.255 e. The van der Waals surface area contributed by atoms with Gasteiger partial charge in [0.2, 0.25) is 0 Å². The van der Waals surface area contributed by atoms with Crippen molar-refractivity contribution < 1.29 is 9.53 Å². The summed E-state index contributed by atoms with van der Waals surface area (Å²) in [5, 5.41) is 3.32. The summed E-state index contributed by atoms with van der Waals surface area (Å²) in [5.74, 6) is -0.230. The minimum absolute atomic E-state index is 0.0400. The SMILES string of the molecule is COC1CCCC1NC(=O)c1c(N)cccc1Cl. The fourth-order valence-corrected chi connectivity index (χ4v) is 2.66. The molecule has 98 valence electrons. The second kappa shape index (κ2) is 5.59. The number of rotatable bonds is 3. The molecule has 2 unspecified atom stereocenters. The molecule has 0 radical (unpaired) electrons. The third kappa shape index (κ3) is 2.60. The molecule has 1 aromatic carbocycles. The van der Waals surface area contributed by atoms with Gasteiger partial charge in [0.15, 0.2) is 0 Å². The van der Waals surface area contributed by atoms with Gasteiger partial charge in [0.25, 0.3) is 5.91 Å². The van der Waals surface area contributed by atoms with Crippen LogP contribution in [0.5, 0.6) is 0 Å². The molecule has 2 atom stereocenters. The van der Waals surface area contributed by atoms with E-state index in [1.165, 1.54) is 0 Å². The Kier molecular flexibility index (Phi) is 4.09. The highest BCUT2D eigenvalue weighted by molar-refractivity contribution is 6.34. The Morgan fingerprint density at radius 3 is 2.94 bits per heavy atom. The Hall–Kier alpha value is -1.26. The van der Waals surface area contributed by atoms with Crippen LogP contribution in [-0.4, -0.2) is 25.2 Å². The quantitative estimate of drug-likeness (QED) is 0.826. The van der Waals surface area contributed by atoms with Crippen LogP contribution in [0.25, 0.3) is 0 Å². The summed E-state index contributed by atoms with van der Waals surface area (Å²) in [7, 11) is 1.67. The molecule has 5 heteroatoms. The number of amides is 1. The molecule has 0 saturated heterocycles. The van der Waals surface area contributed by atoms with Crippen LogP contribution in [0.2, 0.25) is 5.02 Å². The van der Waals surface area contributed by atoms with E-state index in [-0.39, 0.29) is 18.1 Å². The number of halogens is 1. The molecule has 1 aliphatic rings. The number of nitrogens with two attached hydrogens (primary N) is 1. The van der Waals surface area contributed by atoms with Crippen LogP contribution in [0, 0.1) is 0 Å². The van der Waals surface area contributed by atoms with E-state index < -0.39 is 0 Å². The first-order chi connectivity index (χ1) is 8.63. The number of nitrogen functional groups attached to an aromatic ring is 1. The van der Waals surface area contributed by atoms with Gasteiger partial charge in [-0.3, -0.25) is 4.79 Å². The molecule has 18 heavy (non-hydrogen) atoms. The molecule has 0 spiro atoms. The minimum atomic E-state index is -0.230. The fourth-order valence-electron chi connectivity index (χ4n) is 2.39. The zero-order valence-corrected chi connectivity index (χ0v) is 11.0. The molecule has 0 aliphatic heterocycles. The highest BCUT2D eigenvalue weighted by atomic mass is 35.5. The summed E-state index contributed by atoms with van der Waals surface area (Å²) < 4.78 is 5.34. The molecule has 2 rings (SSSR count). The largest absolute Gasteiger partial charge is 0.398 e. The van der Waals surface area contributed by atoms with Gasteiger partial charge >= 0.3 is 0 Å². The van der Waals surface area contributed by atoms with Gasteiger partial charge in [-0.1, -0.05) is 17.7 Å². The molecule has 0 aromatic heterocycles. The van der Waals surface area contributed by atoms with E-state index in [4.69, 9.17) is 22.1 Å². The number of carbonyl (C=O) groups is 1. The molecule has 0 heterocycles. The van der Waals surface area contributed by atoms with Crippen molar-refractivity contribution in [3.05, 3.63) is 28.8 Å². The molecule has 1 amide bonds. The third-order valence-electron chi connectivity index (χ3n) is 3.34. The van der Waals surface area contributed by atoms with Gasteiger partial charge in [-0.25, -0.2) is 0 Å². The number of carbonyl (C=O) groups excluding carboxylic acids is 1. The van der Waals surface area contributed by atoms with Crippen molar-refractivity contribution in [1.29, 1.82) is 0 Å². The molecule has 1 saturated carbocycles. The number of benzene rings is 1. The van der Waals surface area contributed by atoms with Crippen LogP contribution in [0.3, 0.4) is 0 Å². The fraction of sp³-hybridized carbons (Fsp3) is 0.462. The normalized spacial score (nSPS) is 23.0. The molecule has 0 bridgehead atoms. The lowest BCUT2D eigenvalue weighted by Gasteiger charge is -2.20. The van der Waals surface area contributed by atoms with Crippen molar-refractivity contribution in [2.75, 3.05) is 12.8 Å². The highest BCUT2D eigenvalue weighted by Crippen LogP contribution is 2.25. The van der Waals surface area contributed by atoms with Gasteiger partial charge < -0.3 is 15.8 Å². The molecule has 1 aromatic rings. The zero-order valence-electron chi connectivity index (χ0n) is 10.3. The summed E-state index contributed by atoms with van der Waals surface area (Å²) in [6.45, 7) is 0. The Labute approximate surface area is 111 Å². The summed E-state index contributed by atoms with van der Waals surface area (Å²) in [4.78, 5) is 12.2. The molecule has 1 aliphatic carbocycles. The molecule has 4 nitrogen and oxygen atoms in total. The van der Waals surface area contributed by atoms with Crippen LogP contribution >= 0.6 is 11.6 Å². The van der Waals surface area contributed by atoms with Crippen molar-refractivity contribution in [3.8, 4) is 0 Å². The zero-order chi connectivity index (χ0) is 13.1. The summed E-state index contributed by atoms with van der Waals surface area (Å²) in [6, 6.07) is 5.10. The molecule has 1 fully saturated rings. The predicted octanol–water partition coefficient (Wildman–Crippen LogP) is 2.22. The van der Waals surface area contributed by atoms with Crippen LogP contribution in [0.4, 0.5) is 5.69 Å². The van der Waals surface area contributed by atoms with Crippen LogP contribution in [-0.2, 0) is 4.74 Å². The highest BCUT2D eigenvalue weighted by Gasteiger charge is 2.29. The number of ether oxygens (including phenoxy) is 1. The lowest BCUT2D eigenvalue weighted by molar-refractivity contribution is 0.0723. The Morgan fingerprint density at radius 1 is 1.50 bits per heavy atom. The minimum Gasteiger partial charge on any atom is -0.398 e. The Morgan fingerprint density at radius 2 is 2.28 bits per heavy atom. The van der Waals surface area contributed by atoms with E-state index in [0.717, 1.165) is 19.3 Å². The van der Waals surface area contributed by atoms with Crippen LogP contribution in [0.15, 0.2) is 18.2 Å². The molecular weight excluding hydrogens is 252 g/mol. The van der Waals surface area contributed by atoms with E-state index in [9.17, 15) is 4.79 Å². The number of hydrogen-bond acceptors (Lipinski definition) is 3. The predicted molar refractivity (Wildman–Crippen MR) is 71.8 cm³/mol. The average Bonchev–Trinajstić information content (AvgIpc) is 2.76. The standard InChI is InChI=1S/C13H17ClN2O2/c1-18-11-7-3-6-10(11)16-13(17)12-8(14)4-2-5-9(12)15/h2,4-5,10-11H,3,6-7,15H2,1H3,(H,16,17). The van der Waals surface area contributed by atoms with Crippen molar-refractivity contribution in [2.45, 2.75) is 31.4 Å². The average molecular weight is 269 g/mol. The van der Waals surface area contributed by atoms with Gasteiger partial charge in [0, 0.05) is 12.8 Å². The van der Waals surface area contributed by atoms with E-state index in [1.54, 1.807) is 25.3 Å². The second-order valence-corrected chi connectivity index (χ2v) is 4.90. The van der Waals surface area contributed by atoms with E-state index >= 15 is 0 Å². The topological polar surface area (TPSA) is 64.3 Å². The van der Waals surface area contributed by atoms with Crippen LogP contribution in [0.1, 0.15) is 29.6 Å². The summed E-state index contributed by atoms with van der Waals surface area (Å²) >= 11 is 6.01. The van der Waals surface area contributed by atoms with Gasteiger partial charge in [-0.2, -0.15) is 0 Å². The van der Waals surface area contributed by atoms with Gasteiger partial charge in [0.05, 0.1) is 22.7 Å². The van der Waals surface area contributed by atoms with Gasteiger partial charge in [0.1, 0.15) is 0 Å². The summed E-state index contributed by atoms with van der Waals surface area (Å²) in [6.07, 6.45) is 3.04. The first kappa shape index (κ1) is 13.2.